The van der Waals surface area contributed by atoms with Crippen LogP contribution in [0.25, 0.3) is 39.2 Å². The molecule has 6 heterocycles. The molecule has 302 valence electrons. The number of fused-ring (bicyclic) bond motifs is 6. The number of hydrogen-bond acceptors (Lipinski definition) is 5. The normalized spacial score (nSPS) is 19.5. The summed E-state index contributed by atoms with van der Waals surface area (Å²) in [5, 5.41) is 9.19. The standard InChI is InChI=1S/C17H22N2.C16H22N2O.C16H20N2O/c1-5-13-10-16-15(18-13)9-11-8-12(17(2,3)4)6-7-14(11)19-16;2*1-16(2,3)11-4-5-13-10(6-11)7-14-15(18-13)8-12(9-19)17-14/h5,9-10,12,18H,1,6-8H2,2-4H3;7-8,11,17,19H,4-6,9H2,1-3H3;7-9,11,17H,4-6H2,1-3H3. The van der Waals surface area contributed by atoms with Crippen molar-refractivity contribution in [3.8, 4) is 0 Å². The summed E-state index contributed by atoms with van der Waals surface area (Å²) in [5.74, 6) is 2.19. The van der Waals surface area contributed by atoms with Crippen LogP contribution in [0.15, 0.2) is 43.0 Å². The Morgan fingerprint density at radius 3 is 1.33 bits per heavy atom. The van der Waals surface area contributed by atoms with Crippen molar-refractivity contribution in [2.24, 2.45) is 34.0 Å². The highest BCUT2D eigenvalue weighted by atomic mass is 16.3. The monoisotopic (exact) mass is 769 g/mol. The van der Waals surface area contributed by atoms with Crippen LogP contribution in [-0.4, -0.2) is 41.3 Å². The second-order valence-electron chi connectivity index (χ2n) is 20.2. The van der Waals surface area contributed by atoms with Gasteiger partial charge in [-0.3, -0.25) is 19.7 Å². The lowest BCUT2D eigenvalue weighted by atomic mass is 9.71. The van der Waals surface area contributed by atoms with Gasteiger partial charge in [0.1, 0.15) is 0 Å². The zero-order valence-electron chi connectivity index (χ0n) is 35.8. The number of rotatable bonds is 3. The fourth-order valence-corrected chi connectivity index (χ4v) is 9.20. The summed E-state index contributed by atoms with van der Waals surface area (Å²) in [4.78, 5) is 34.8. The average Bonchev–Trinajstić information content (AvgIpc) is 3.89. The average molecular weight is 769 g/mol. The van der Waals surface area contributed by atoms with Crippen LogP contribution in [0.4, 0.5) is 0 Å². The minimum atomic E-state index is 0.0473. The predicted octanol–water partition coefficient (Wildman–Crippen LogP) is 11.1. The Morgan fingerprint density at radius 1 is 0.596 bits per heavy atom. The molecular formula is C49H64N6O2. The number of aldehydes is 1. The number of nitrogens with zero attached hydrogens (tertiary/aromatic N) is 3. The first-order valence-electron chi connectivity index (χ1n) is 21.1. The number of nitrogens with one attached hydrogen (secondary N) is 3. The number of carbonyl (C=O) groups excluding carboxylic acids is 1. The maximum atomic E-state index is 10.8. The van der Waals surface area contributed by atoms with E-state index in [1.165, 1.54) is 53.0 Å². The van der Waals surface area contributed by atoms with E-state index in [1.54, 1.807) is 0 Å². The Morgan fingerprint density at radius 2 is 0.965 bits per heavy atom. The molecule has 8 nitrogen and oxygen atoms in total. The van der Waals surface area contributed by atoms with Crippen LogP contribution >= 0.6 is 0 Å². The van der Waals surface area contributed by atoms with E-state index >= 15 is 0 Å². The summed E-state index contributed by atoms with van der Waals surface area (Å²) in [7, 11) is 0. The van der Waals surface area contributed by atoms with Crippen LogP contribution in [0.5, 0.6) is 0 Å². The van der Waals surface area contributed by atoms with E-state index in [-0.39, 0.29) is 6.61 Å². The van der Waals surface area contributed by atoms with E-state index in [4.69, 9.17) is 15.0 Å². The zero-order valence-corrected chi connectivity index (χ0v) is 35.8. The molecule has 0 aromatic carbocycles. The van der Waals surface area contributed by atoms with Crippen molar-refractivity contribution in [3.63, 3.8) is 0 Å². The molecule has 0 amide bonds. The van der Waals surface area contributed by atoms with Crippen molar-refractivity contribution in [1.82, 2.24) is 29.9 Å². The highest BCUT2D eigenvalue weighted by molar-refractivity contribution is 5.86. The third-order valence-electron chi connectivity index (χ3n) is 13.2. The van der Waals surface area contributed by atoms with Crippen molar-refractivity contribution in [2.75, 3.05) is 0 Å². The first-order chi connectivity index (χ1) is 26.9. The Balaban J connectivity index is 0.000000131. The van der Waals surface area contributed by atoms with E-state index in [9.17, 15) is 9.90 Å². The molecule has 0 spiro atoms. The lowest BCUT2D eigenvalue weighted by molar-refractivity contribution is 0.111. The highest BCUT2D eigenvalue weighted by Gasteiger charge is 2.32. The molecule has 3 unspecified atom stereocenters. The molecule has 6 aromatic heterocycles. The zero-order chi connectivity index (χ0) is 40.9. The molecule has 3 atom stereocenters. The summed E-state index contributed by atoms with van der Waals surface area (Å²) in [6.07, 6.45) is 13.0. The second kappa shape index (κ2) is 15.7. The Bertz CT molecular complexity index is 2290. The third-order valence-corrected chi connectivity index (χ3v) is 13.2. The summed E-state index contributed by atoms with van der Waals surface area (Å²) in [6.45, 7) is 24.8. The molecule has 57 heavy (non-hydrogen) atoms. The van der Waals surface area contributed by atoms with Crippen LogP contribution in [0.1, 0.15) is 137 Å². The van der Waals surface area contributed by atoms with Crippen LogP contribution in [0.3, 0.4) is 0 Å². The summed E-state index contributed by atoms with van der Waals surface area (Å²) in [6, 6.07) is 12.6. The van der Waals surface area contributed by atoms with Crippen molar-refractivity contribution < 1.29 is 9.90 Å². The molecule has 3 aliphatic carbocycles. The number of H-pyrrole nitrogens is 3. The first kappa shape index (κ1) is 40.6. The molecule has 3 aliphatic rings. The van der Waals surface area contributed by atoms with Crippen molar-refractivity contribution in [1.29, 1.82) is 0 Å². The molecule has 0 fully saturated rings. The van der Waals surface area contributed by atoms with Gasteiger partial charge in [0.15, 0.2) is 6.29 Å². The van der Waals surface area contributed by atoms with Crippen LogP contribution in [0, 0.1) is 34.0 Å². The maximum Gasteiger partial charge on any atom is 0.166 e. The van der Waals surface area contributed by atoms with Gasteiger partial charge >= 0.3 is 0 Å². The van der Waals surface area contributed by atoms with Crippen LogP contribution in [-0.2, 0) is 45.1 Å². The number of aliphatic hydroxyl groups excluding tert-OH is 1. The van der Waals surface area contributed by atoms with Gasteiger partial charge in [-0.2, -0.15) is 0 Å². The fraction of sp³-hybridized carbons (Fsp3) is 0.510. The van der Waals surface area contributed by atoms with Gasteiger partial charge in [-0.25, -0.2) is 0 Å². The molecule has 6 aromatic rings. The number of aromatic nitrogens is 6. The number of carbonyl (C=O) groups is 1. The number of aryl methyl sites for hydroxylation is 3. The SMILES string of the molecule is C=Cc1cc2nc3c(cc2[nH]1)CC(C(C)(C)C)CC3.CC(C)(C)C1CCc2nc3cc(C=O)[nH]c3cc2C1.CC(C)(C)C1CCc2nc3cc(CO)[nH]c3cc2C1. The predicted molar refractivity (Wildman–Crippen MR) is 235 cm³/mol. The molecule has 9 rings (SSSR count). The van der Waals surface area contributed by atoms with Crippen LogP contribution in [0.2, 0.25) is 0 Å². The molecule has 4 N–H and O–H groups in total. The van der Waals surface area contributed by atoms with Crippen molar-refractivity contribution in [3.05, 3.63) is 93.8 Å². The minimum Gasteiger partial charge on any atom is -0.390 e. The molecule has 8 heteroatoms. The number of pyridine rings is 3. The van der Waals surface area contributed by atoms with E-state index in [2.05, 4.69) is 108 Å². The van der Waals surface area contributed by atoms with Gasteiger partial charge in [0.2, 0.25) is 0 Å². The smallest absolute Gasteiger partial charge is 0.166 e. The fourth-order valence-electron chi connectivity index (χ4n) is 9.20. The Kier molecular flexibility index (Phi) is 11.2. The lowest BCUT2D eigenvalue weighted by Crippen LogP contribution is -2.27. The molecule has 0 radical (unpaired) electrons. The number of aromatic amines is 3. The van der Waals surface area contributed by atoms with Crippen molar-refractivity contribution >= 4 is 45.5 Å². The van der Waals surface area contributed by atoms with Gasteiger partial charge < -0.3 is 20.1 Å². The molecule has 0 saturated carbocycles. The summed E-state index contributed by atoms with van der Waals surface area (Å²) < 4.78 is 0. The molecule has 0 saturated heterocycles. The third kappa shape index (κ3) is 8.96. The van der Waals surface area contributed by atoms with Gasteiger partial charge in [-0.05, 0) is 151 Å². The second-order valence-corrected chi connectivity index (χ2v) is 20.2. The van der Waals surface area contributed by atoms with E-state index < -0.39 is 0 Å². The Labute approximate surface area is 338 Å². The molecule has 0 bridgehead atoms. The van der Waals surface area contributed by atoms with Crippen LogP contribution < -0.4 is 0 Å². The van der Waals surface area contributed by atoms with E-state index in [0.717, 1.165) is 101 Å². The quantitative estimate of drug-likeness (QED) is 0.134. The van der Waals surface area contributed by atoms with Gasteiger partial charge in [-0.15, -0.1) is 0 Å². The Hall–Kier alpha value is -4.56. The maximum absolute atomic E-state index is 10.8. The highest BCUT2D eigenvalue weighted by Crippen LogP contribution is 2.40. The van der Waals surface area contributed by atoms with Gasteiger partial charge in [0, 0.05) is 28.5 Å². The minimum absolute atomic E-state index is 0.0473. The van der Waals surface area contributed by atoms with Gasteiger partial charge in [0.05, 0.1) is 45.4 Å². The summed E-state index contributed by atoms with van der Waals surface area (Å²) in [5.41, 5.74) is 17.6. The topological polar surface area (TPSA) is 123 Å². The van der Waals surface area contributed by atoms with Gasteiger partial charge in [0.25, 0.3) is 0 Å². The molecular weight excluding hydrogens is 705 g/mol. The first-order valence-corrected chi connectivity index (χ1v) is 21.1. The van der Waals surface area contributed by atoms with Gasteiger partial charge in [-0.1, -0.05) is 68.9 Å². The van der Waals surface area contributed by atoms with Crippen molar-refractivity contribution in [2.45, 2.75) is 127 Å². The summed E-state index contributed by atoms with van der Waals surface area (Å²) >= 11 is 0. The largest absolute Gasteiger partial charge is 0.390 e. The van der Waals surface area contributed by atoms with E-state index in [1.807, 2.05) is 18.2 Å². The number of hydrogen-bond donors (Lipinski definition) is 4. The lowest BCUT2D eigenvalue weighted by Gasteiger charge is -2.34. The number of aliphatic hydroxyl groups is 1. The van der Waals surface area contributed by atoms with E-state index in [0.29, 0.717) is 27.9 Å². The molecule has 0 aliphatic heterocycles.